The highest BCUT2D eigenvalue weighted by atomic mass is 16.2. The maximum absolute atomic E-state index is 11.9. The summed E-state index contributed by atoms with van der Waals surface area (Å²) >= 11 is 0. The van der Waals surface area contributed by atoms with Crippen LogP contribution in [0.3, 0.4) is 0 Å². The normalized spacial score (nSPS) is 22.3. The van der Waals surface area contributed by atoms with E-state index in [1.54, 1.807) is 11.0 Å². The molecule has 1 saturated carbocycles. The van der Waals surface area contributed by atoms with Gasteiger partial charge in [-0.1, -0.05) is 19.1 Å². The van der Waals surface area contributed by atoms with Crippen molar-refractivity contribution in [3.05, 3.63) is 42.5 Å². The molecule has 0 radical (unpaired) electrons. The van der Waals surface area contributed by atoms with Crippen molar-refractivity contribution in [1.82, 2.24) is 20.1 Å². The quantitative estimate of drug-likeness (QED) is 0.925. The molecular formula is C15H18N4O. The average molecular weight is 270 g/mol. The zero-order chi connectivity index (χ0) is 14.1. The van der Waals surface area contributed by atoms with Crippen molar-refractivity contribution in [3.8, 4) is 5.69 Å². The van der Waals surface area contributed by atoms with Crippen LogP contribution in [0.25, 0.3) is 5.69 Å². The lowest BCUT2D eigenvalue weighted by Crippen LogP contribution is -2.28. The molecule has 1 N–H and O–H groups in total. The SMILES string of the molecule is CC(NC(=O)C1CC1C)c1ccc(-n2cncn2)cc1. The number of amides is 1. The molecule has 2 aromatic rings. The molecule has 1 aromatic heterocycles. The summed E-state index contributed by atoms with van der Waals surface area (Å²) in [6, 6.07) is 8.01. The van der Waals surface area contributed by atoms with Gasteiger partial charge in [-0.3, -0.25) is 4.79 Å². The van der Waals surface area contributed by atoms with Crippen LogP contribution in [0, 0.1) is 11.8 Å². The lowest BCUT2D eigenvalue weighted by atomic mass is 10.1. The molecule has 104 valence electrons. The summed E-state index contributed by atoms with van der Waals surface area (Å²) in [5.74, 6) is 0.925. The summed E-state index contributed by atoms with van der Waals surface area (Å²) in [4.78, 5) is 15.8. The highest BCUT2D eigenvalue weighted by Crippen LogP contribution is 2.38. The van der Waals surface area contributed by atoms with E-state index in [0.717, 1.165) is 17.7 Å². The van der Waals surface area contributed by atoms with E-state index in [4.69, 9.17) is 0 Å². The van der Waals surface area contributed by atoms with Gasteiger partial charge < -0.3 is 5.32 Å². The molecule has 1 fully saturated rings. The van der Waals surface area contributed by atoms with Gasteiger partial charge in [-0.25, -0.2) is 9.67 Å². The first-order valence-electron chi connectivity index (χ1n) is 6.90. The molecule has 3 rings (SSSR count). The van der Waals surface area contributed by atoms with Gasteiger partial charge in [0.2, 0.25) is 5.91 Å². The second kappa shape index (κ2) is 5.07. The largest absolute Gasteiger partial charge is 0.349 e. The number of benzene rings is 1. The third kappa shape index (κ3) is 2.57. The van der Waals surface area contributed by atoms with E-state index in [-0.39, 0.29) is 17.9 Å². The minimum Gasteiger partial charge on any atom is -0.349 e. The molecule has 20 heavy (non-hydrogen) atoms. The topological polar surface area (TPSA) is 59.8 Å². The fourth-order valence-corrected chi connectivity index (χ4v) is 2.35. The van der Waals surface area contributed by atoms with Crippen LogP contribution in [0.4, 0.5) is 0 Å². The number of carbonyl (C=O) groups excluding carboxylic acids is 1. The molecule has 0 bridgehead atoms. The third-order valence-electron chi connectivity index (χ3n) is 3.88. The van der Waals surface area contributed by atoms with E-state index < -0.39 is 0 Å². The van der Waals surface area contributed by atoms with Crippen LogP contribution in [0.2, 0.25) is 0 Å². The number of carbonyl (C=O) groups is 1. The number of rotatable bonds is 4. The zero-order valence-corrected chi connectivity index (χ0v) is 11.7. The second-order valence-corrected chi connectivity index (χ2v) is 5.48. The smallest absolute Gasteiger partial charge is 0.223 e. The van der Waals surface area contributed by atoms with Crippen LogP contribution in [0.15, 0.2) is 36.9 Å². The third-order valence-corrected chi connectivity index (χ3v) is 3.88. The van der Waals surface area contributed by atoms with E-state index in [9.17, 15) is 4.79 Å². The van der Waals surface area contributed by atoms with Crippen LogP contribution >= 0.6 is 0 Å². The number of aromatic nitrogens is 3. The predicted octanol–water partition coefficient (Wildman–Crippen LogP) is 2.10. The maximum atomic E-state index is 11.9. The summed E-state index contributed by atoms with van der Waals surface area (Å²) in [7, 11) is 0. The summed E-state index contributed by atoms with van der Waals surface area (Å²) in [6.45, 7) is 4.12. The Kier molecular flexibility index (Phi) is 3.26. The molecule has 0 aliphatic heterocycles. The van der Waals surface area contributed by atoms with Gasteiger partial charge in [0.1, 0.15) is 12.7 Å². The van der Waals surface area contributed by atoms with Gasteiger partial charge in [0.25, 0.3) is 0 Å². The highest BCUT2D eigenvalue weighted by Gasteiger charge is 2.39. The van der Waals surface area contributed by atoms with Crippen molar-refractivity contribution >= 4 is 5.91 Å². The fraction of sp³-hybridized carbons (Fsp3) is 0.400. The van der Waals surface area contributed by atoms with Gasteiger partial charge >= 0.3 is 0 Å². The van der Waals surface area contributed by atoms with Crippen molar-refractivity contribution in [1.29, 1.82) is 0 Å². The van der Waals surface area contributed by atoms with Gasteiger partial charge in [0, 0.05) is 5.92 Å². The van der Waals surface area contributed by atoms with Gasteiger partial charge in [-0.15, -0.1) is 0 Å². The molecule has 5 heteroatoms. The Morgan fingerprint density at radius 3 is 2.65 bits per heavy atom. The highest BCUT2D eigenvalue weighted by molar-refractivity contribution is 5.81. The van der Waals surface area contributed by atoms with Gasteiger partial charge in [-0.05, 0) is 37.0 Å². The van der Waals surface area contributed by atoms with Crippen molar-refractivity contribution < 1.29 is 4.79 Å². The van der Waals surface area contributed by atoms with E-state index >= 15 is 0 Å². The molecule has 1 aromatic carbocycles. The number of nitrogens with one attached hydrogen (secondary N) is 1. The molecule has 0 spiro atoms. The lowest BCUT2D eigenvalue weighted by Gasteiger charge is -2.14. The summed E-state index contributed by atoms with van der Waals surface area (Å²) < 4.78 is 1.71. The first-order chi connectivity index (χ1) is 9.65. The second-order valence-electron chi connectivity index (χ2n) is 5.48. The first kappa shape index (κ1) is 12.8. The van der Waals surface area contributed by atoms with Gasteiger partial charge in [0.05, 0.1) is 11.7 Å². The Balaban J connectivity index is 1.66. The predicted molar refractivity (Wildman–Crippen MR) is 75.2 cm³/mol. The first-order valence-corrected chi connectivity index (χ1v) is 6.90. The van der Waals surface area contributed by atoms with E-state index in [2.05, 4.69) is 22.3 Å². The average Bonchev–Trinajstić information content (AvgIpc) is 2.97. The van der Waals surface area contributed by atoms with Gasteiger partial charge in [-0.2, -0.15) is 5.10 Å². The maximum Gasteiger partial charge on any atom is 0.223 e. The van der Waals surface area contributed by atoms with Gasteiger partial charge in [0.15, 0.2) is 0 Å². The lowest BCUT2D eigenvalue weighted by molar-refractivity contribution is -0.123. The number of hydrogen-bond donors (Lipinski definition) is 1. The molecule has 5 nitrogen and oxygen atoms in total. The molecule has 0 saturated heterocycles. The molecule has 1 aliphatic rings. The summed E-state index contributed by atoms with van der Waals surface area (Å²) in [5, 5.41) is 7.15. The van der Waals surface area contributed by atoms with Crippen molar-refractivity contribution in [2.24, 2.45) is 11.8 Å². The zero-order valence-electron chi connectivity index (χ0n) is 11.7. The van der Waals surface area contributed by atoms with Crippen LogP contribution in [0.5, 0.6) is 0 Å². The molecule has 1 aliphatic carbocycles. The van der Waals surface area contributed by atoms with E-state index in [1.165, 1.54) is 6.33 Å². The fourth-order valence-electron chi connectivity index (χ4n) is 2.35. The Labute approximate surface area is 118 Å². The Hall–Kier alpha value is -2.17. The van der Waals surface area contributed by atoms with Crippen molar-refractivity contribution in [2.75, 3.05) is 0 Å². The summed E-state index contributed by atoms with van der Waals surface area (Å²) in [5.41, 5.74) is 2.05. The minimum absolute atomic E-state index is 0.0279. The van der Waals surface area contributed by atoms with Crippen LogP contribution in [-0.2, 0) is 4.79 Å². The molecule has 1 amide bonds. The van der Waals surface area contributed by atoms with Crippen LogP contribution < -0.4 is 5.32 Å². The van der Waals surface area contributed by atoms with E-state index in [1.807, 2.05) is 31.2 Å². The van der Waals surface area contributed by atoms with Crippen molar-refractivity contribution in [3.63, 3.8) is 0 Å². The number of nitrogens with zero attached hydrogens (tertiary/aromatic N) is 3. The Morgan fingerprint density at radius 1 is 1.40 bits per heavy atom. The number of hydrogen-bond acceptors (Lipinski definition) is 3. The molecule has 1 heterocycles. The Morgan fingerprint density at radius 2 is 2.10 bits per heavy atom. The van der Waals surface area contributed by atoms with Crippen LogP contribution in [-0.4, -0.2) is 20.7 Å². The minimum atomic E-state index is 0.0279. The molecule has 3 unspecified atom stereocenters. The summed E-state index contributed by atoms with van der Waals surface area (Å²) in [6.07, 6.45) is 4.19. The molecule has 3 atom stereocenters. The van der Waals surface area contributed by atoms with E-state index in [0.29, 0.717) is 5.92 Å². The standard InChI is InChI=1S/C15H18N4O/c1-10-7-14(10)15(20)18-11(2)12-3-5-13(6-4-12)19-9-16-8-17-19/h3-6,8-11,14H,7H2,1-2H3,(H,18,20). The Bertz CT molecular complexity index is 591. The molecular weight excluding hydrogens is 252 g/mol. The van der Waals surface area contributed by atoms with Crippen LogP contribution in [0.1, 0.15) is 31.9 Å². The monoisotopic (exact) mass is 270 g/mol. The van der Waals surface area contributed by atoms with Crippen molar-refractivity contribution in [2.45, 2.75) is 26.3 Å².